The van der Waals surface area contributed by atoms with E-state index in [1.807, 2.05) is 0 Å². The lowest BCUT2D eigenvalue weighted by atomic mass is 9.76. The molecule has 200 valence electrons. The Morgan fingerprint density at radius 3 is 2.14 bits per heavy atom. The van der Waals surface area contributed by atoms with Crippen LogP contribution in [0.25, 0.3) is 0 Å². The number of nitrogens with one attached hydrogen (secondary N) is 2. The van der Waals surface area contributed by atoms with Crippen molar-refractivity contribution in [3.8, 4) is 11.5 Å². The first kappa shape index (κ1) is 27.3. The molecule has 2 amide bonds. The number of benzene rings is 2. The molecule has 0 aliphatic heterocycles. The fourth-order valence-corrected chi connectivity index (χ4v) is 5.93. The summed E-state index contributed by atoms with van der Waals surface area (Å²) in [5.41, 5.74) is 7.38. The van der Waals surface area contributed by atoms with Crippen LogP contribution in [0.15, 0.2) is 36.4 Å². The molecule has 0 spiro atoms. The van der Waals surface area contributed by atoms with E-state index in [9.17, 15) is 9.59 Å². The van der Waals surface area contributed by atoms with Crippen LogP contribution >= 0.6 is 11.6 Å². The first-order valence-corrected chi connectivity index (χ1v) is 13.6. The molecule has 0 aromatic heterocycles. The lowest BCUT2D eigenvalue weighted by Crippen LogP contribution is -2.38. The molecule has 7 nitrogen and oxygen atoms in total. The van der Waals surface area contributed by atoms with E-state index in [0.29, 0.717) is 39.4 Å². The topological polar surface area (TPSA) is 103 Å². The van der Waals surface area contributed by atoms with E-state index in [1.165, 1.54) is 33.5 Å². The van der Waals surface area contributed by atoms with Crippen molar-refractivity contribution in [1.29, 1.82) is 0 Å². The van der Waals surface area contributed by atoms with Crippen molar-refractivity contribution in [2.45, 2.75) is 69.9 Å². The van der Waals surface area contributed by atoms with Crippen LogP contribution in [0.3, 0.4) is 0 Å². The van der Waals surface area contributed by atoms with Crippen LogP contribution in [0.1, 0.15) is 78.5 Å². The van der Waals surface area contributed by atoms with E-state index >= 15 is 0 Å². The van der Waals surface area contributed by atoms with Crippen LogP contribution in [-0.2, 0) is 0 Å². The molecule has 0 saturated heterocycles. The van der Waals surface area contributed by atoms with E-state index < -0.39 is 0 Å². The Labute approximate surface area is 224 Å². The Balaban J connectivity index is 1.28. The van der Waals surface area contributed by atoms with Gasteiger partial charge in [-0.15, -0.1) is 0 Å². The summed E-state index contributed by atoms with van der Waals surface area (Å²) in [5.74, 6) is 2.09. The molecular weight excluding hydrogens is 490 g/mol. The maximum atomic E-state index is 12.9. The van der Waals surface area contributed by atoms with Crippen molar-refractivity contribution in [1.82, 2.24) is 5.32 Å². The van der Waals surface area contributed by atoms with Gasteiger partial charge >= 0.3 is 0 Å². The molecular formula is C29H38ClN3O4. The number of hydrogen-bond donors (Lipinski definition) is 3. The van der Waals surface area contributed by atoms with Gasteiger partial charge < -0.3 is 25.8 Å². The number of methoxy groups -OCH3 is 2. The van der Waals surface area contributed by atoms with Gasteiger partial charge in [0.15, 0.2) is 11.5 Å². The van der Waals surface area contributed by atoms with Crippen molar-refractivity contribution >= 4 is 29.1 Å². The van der Waals surface area contributed by atoms with Crippen LogP contribution in [0.4, 0.5) is 5.69 Å². The molecule has 0 radical (unpaired) electrons. The minimum absolute atomic E-state index is 0.170. The normalized spacial score (nSPS) is 23.7. The van der Waals surface area contributed by atoms with E-state index in [1.54, 1.807) is 36.4 Å². The number of halogens is 1. The quantitative estimate of drug-likeness (QED) is 0.402. The Morgan fingerprint density at radius 2 is 1.51 bits per heavy atom. The second kappa shape index (κ2) is 12.7. The second-order valence-electron chi connectivity index (χ2n) is 10.4. The Kier molecular flexibility index (Phi) is 9.33. The number of rotatable bonds is 8. The zero-order valence-electron chi connectivity index (χ0n) is 21.7. The average molecular weight is 528 g/mol. The van der Waals surface area contributed by atoms with Gasteiger partial charge in [0.2, 0.25) is 0 Å². The molecule has 2 aliphatic rings. The molecule has 37 heavy (non-hydrogen) atoms. The third-order valence-corrected chi connectivity index (χ3v) is 8.17. The van der Waals surface area contributed by atoms with Crippen molar-refractivity contribution < 1.29 is 19.1 Å². The average Bonchev–Trinajstić information content (AvgIpc) is 2.90. The van der Waals surface area contributed by atoms with E-state index in [0.717, 1.165) is 50.4 Å². The predicted octanol–water partition coefficient (Wildman–Crippen LogP) is 5.81. The minimum atomic E-state index is -0.318. The van der Waals surface area contributed by atoms with Crippen molar-refractivity contribution in [3.63, 3.8) is 0 Å². The van der Waals surface area contributed by atoms with Gasteiger partial charge in [0, 0.05) is 23.3 Å². The van der Waals surface area contributed by atoms with E-state index in [-0.39, 0.29) is 17.9 Å². The highest BCUT2D eigenvalue weighted by Gasteiger charge is 2.27. The van der Waals surface area contributed by atoms with E-state index in [4.69, 9.17) is 26.8 Å². The van der Waals surface area contributed by atoms with Gasteiger partial charge in [0.1, 0.15) is 0 Å². The van der Waals surface area contributed by atoms with Gasteiger partial charge in [-0.2, -0.15) is 0 Å². The fourth-order valence-electron chi connectivity index (χ4n) is 5.66. The van der Waals surface area contributed by atoms with Crippen LogP contribution in [0, 0.1) is 11.8 Å². The summed E-state index contributed by atoms with van der Waals surface area (Å²) in [6.45, 7) is 0. The molecule has 8 heteroatoms. The Morgan fingerprint density at radius 1 is 0.865 bits per heavy atom. The third kappa shape index (κ3) is 7.17. The molecule has 2 saturated carbocycles. The zero-order chi connectivity index (χ0) is 26.4. The number of ether oxygens (including phenoxy) is 2. The Hall–Kier alpha value is -2.77. The van der Waals surface area contributed by atoms with Gasteiger partial charge in [-0.25, -0.2) is 0 Å². The molecule has 4 rings (SSSR count). The molecule has 2 aromatic carbocycles. The number of carbonyl (C=O) groups excluding carboxylic acids is 2. The van der Waals surface area contributed by atoms with Crippen LogP contribution < -0.4 is 25.8 Å². The zero-order valence-corrected chi connectivity index (χ0v) is 22.5. The smallest absolute Gasteiger partial charge is 0.255 e. The summed E-state index contributed by atoms with van der Waals surface area (Å²) >= 11 is 6.44. The second-order valence-corrected chi connectivity index (χ2v) is 10.8. The maximum Gasteiger partial charge on any atom is 0.255 e. The highest BCUT2D eigenvalue weighted by molar-refractivity contribution is 6.34. The molecule has 0 heterocycles. The number of carbonyl (C=O) groups is 2. The van der Waals surface area contributed by atoms with Crippen molar-refractivity contribution in [3.05, 3.63) is 52.5 Å². The Bertz CT molecular complexity index is 1090. The lowest BCUT2D eigenvalue weighted by Gasteiger charge is -2.33. The standard InChI is InChI=1S/C29H38ClN3O4/c1-36-26-14-7-20(16-27(26)37-2)28(34)33-23-12-13-24(25(30)17-23)29(35)32-22-10-5-19(6-11-22)15-18-3-8-21(31)9-4-18/h7,12-14,16-19,21-22H,3-6,8-11,15,31H2,1-2H3,(H,32,35)(H,33,34). The number of nitrogens with two attached hydrogens (primary N) is 1. The number of hydrogen-bond acceptors (Lipinski definition) is 5. The third-order valence-electron chi connectivity index (χ3n) is 7.86. The van der Waals surface area contributed by atoms with Gasteiger partial charge in [0.25, 0.3) is 11.8 Å². The summed E-state index contributed by atoms with van der Waals surface area (Å²) < 4.78 is 10.5. The summed E-state index contributed by atoms with van der Waals surface area (Å²) in [5, 5.41) is 6.28. The highest BCUT2D eigenvalue weighted by atomic mass is 35.5. The molecule has 4 N–H and O–H groups in total. The maximum absolute atomic E-state index is 12.9. The minimum Gasteiger partial charge on any atom is -0.493 e. The first-order chi connectivity index (χ1) is 17.9. The summed E-state index contributed by atoms with van der Waals surface area (Å²) in [6.07, 6.45) is 10.5. The van der Waals surface area contributed by atoms with Crippen molar-refractivity contribution in [2.75, 3.05) is 19.5 Å². The molecule has 0 atom stereocenters. The fraction of sp³-hybridized carbons (Fsp3) is 0.517. The van der Waals surface area contributed by atoms with Gasteiger partial charge in [0.05, 0.1) is 24.8 Å². The van der Waals surface area contributed by atoms with Crippen LogP contribution in [0.2, 0.25) is 5.02 Å². The highest BCUT2D eigenvalue weighted by Crippen LogP contribution is 2.35. The van der Waals surface area contributed by atoms with Crippen molar-refractivity contribution in [2.24, 2.45) is 17.6 Å². The SMILES string of the molecule is COc1ccc(C(=O)Nc2ccc(C(=O)NC3CCC(CC4CCC(N)CC4)CC3)c(Cl)c2)cc1OC. The van der Waals surface area contributed by atoms with Crippen LogP contribution in [-0.4, -0.2) is 38.1 Å². The number of anilines is 1. The van der Waals surface area contributed by atoms with Gasteiger partial charge in [-0.05, 0) is 106 Å². The molecule has 0 unspecified atom stereocenters. The predicted molar refractivity (Wildman–Crippen MR) is 147 cm³/mol. The molecule has 2 aromatic rings. The van der Waals surface area contributed by atoms with Gasteiger partial charge in [-0.3, -0.25) is 9.59 Å². The van der Waals surface area contributed by atoms with Gasteiger partial charge in [-0.1, -0.05) is 11.6 Å². The summed E-state index contributed by atoms with van der Waals surface area (Å²) in [4.78, 5) is 25.6. The van der Waals surface area contributed by atoms with E-state index in [2.05, 4.69) is 10.6 Å². The first-order valence-electron chi connectivity index (χ1n) is 13.3. The lowest BCUT2D eigenvalue weighted by molar-refractivity contribution is 0.0918. The largest absolute Gasteiger partial charge is 0.493 e. The summed E-state index contributed by atoms with van der Waals surface area (Å²) in [6, 6.07) is 10.4. The molecule has 0 bridgehead atoms. The summed E-state index contributed by atoms with van der Waals surface area (Å²) in [7, 11) is 3.06. The molecule has 2 fully saturated rings. The van der Waals surface area contributed by atoms with Crippen LogP contribution in [0.5, 0.6) is 11.5 Å². The molecule has 2 aliphatic carbocycles. The monoisotopic (exact) mass is 527 g/mol. The number of amides is 2.